The molecule has 1 aliphatic rings. The van der Waals surface area contributed by atoms with Crippen molar-refractivity contribution in [3.8, 4) is 0 Å². The second kappa shape index (κ2) is 26.1. The molecule has 3 rings (SSSR count). The largest absolute Gasteiger partial charge is 0.416 e. The summed E-state index contributed by atoms with van der Waals surface area (Å²) in [5, 5.41) is 22.4. The Morgan fingerprint density at radius 2 is 1.62 bits per heavy atom. The number of aliphatic hydroxyl groups is 1. The van der Waals surface area contributed by atoms with Crippen molar-refractivity contribution >= 4 is 17.3 Å². The van der Waals surface area contributed by atoms with Crippen LogP contribution < -0.4 is 26.4 Å². The van der Waals surface area contributed by atoms with E-state index in [1.807, 2.05) is 34.9 Å². The molecule has 2 aromatic carbocycles. The number of halogens is 3. The normalized spacial score (nSPS) is 14.2. The summed E-state index contributed by atoms with van der Waals surface area (Å²) in [7, 11) is 3.91. The van der Waals surface area contributed by atoms with Gasteiger partial charge in [-0.05, 0) is 82.5 Å². The molecule has 0 aromatic heterocycles. The molecule has 2 aromatic rings. The number of alkyl halides is 3. The lowest BCUT2D eigenvalue weighted by Gasteiger charge is -2.21. The number of aryl methyl sites for hydroxylation is 1. The highest BCUT2D eigenvalue weighted by molar-refractivity contribution is 5.64. The molecular weight excluding hydrogens is 607 g/mol. The quantitative estimate of drug-likeness (QED) is 0.172. The van der Waals surface area contributed by atoms with E-state index in [4.69, 9.17) is 0 Å². The first-order chi connectivity index (χ1) is 23.0. The van der Waals surface area contributed by atoms with Gasteiger partial charge in [0.2, 0.25) is 0 Å². The molecule has 0 fully saturated rings. The van der Waals surface area contributed by atoms with Crippen LogP contribution in [0, 0.1) is 6.92 Å². The summed E-state index contributed by atoms with van der Waals surface area (Å²) in [6.07, 6.45) is 9.42. The van der Waals surface area contributed by atoms with Gasteiger partial charge in [-0.1, -0.05) is 127 Å². The topological polar surface area (TPSA) is 56.3 Å². The maximum absolute atomic E-state index is 12.6. The van der Waals surface area contributed by atoms with Gasteiger partial charge in [0.1, 0.15) is 0 Å². The van der Waals surface area contributed by atoms with Gasteiger partial charge < -0.3 is 21.1 Å². The average Bonchev–Trinajstić information content (AvgIpc) is 3.25. The molecule has 0 radical (unpaired) electrons. The SMILES string of the molecule is CC.CC/C(=C\CNC)C1=c2ccccc2=C(C)CCN1.CC/C=C/c1ccc(C)cc1C(F)(F)F.CCCCC(O)C(CCC)NC. The summed E-state index contributed by atoms with van der Waals surface area (Å²) in [4.78, 5) is 0. The van der Waals surface area contributed by atoms with E-state index in [-0.39, 0.29) is 11.7 Å². The highest BCUT2D eigenvalue weighted by atomic mass is 19.4. The molecule has 0 spiro atoms. The van der Waals surface area contributed by atoms with Gasteiger partial charge in [-0.15, -0.1) is 0 Å². The second-order valence-electron chi connectivity index (χ2n) is 11.8. The minimum Gasteiger partial charge on any atom is -0.392 e. The fraction of sp³-hybridized carbons (Fsp3) is 0.561. The maximum atomic E-state index is 12.6. The zero-order valence-electron chi connectivity index (χ0n) is 31.6. The van der Waals surface area contributed by atoms with E-state index in [0.29, 0.717) is 11.6 Å². The van der Waals surface area contributed by atoms with E-state index >= 15 is 0 Å². The summed E-state index contributed by atoms with van der Waals surface area (Å²) < 4.78 is 37.9. The Hall–Kier alpha value is -2.87. The van der Waals surface area contributed by atoms with Gasteiger partial charge in [-0.25, -0.2) is 0 Å². The van der Waals surface area contributed by atoms with E-state index in [1.165, 1.54) is 51.9 Å². The Balaban J connectivity index is 0.000000692. The van der Waals surface area contributed by atoms with Crippen molar-refractivity contribution in [2.45, 2.75) is 125 Å². The molecule has 1 aliphatic heterocycles. The number of likely N-dealkylation sites (N-methyl/N-ethyl adjacent to an activating group) is 2. The van der Waals surface area contributed by atoms with Crippen LogP contribution in [-0.2, 0) is 6.18 Å². The molecular formula is C41H66F3N3O. The number of rotatable bonds is 13. The van der Waals surface area contributed by atoms with E-state index in [2.05, 4.69) is 74.0 Å². The number of hydrogen-bond donors (Lipinski definition) is 4. The van der Waals surface area contributed by atoms with Crippen LogP contribution in [0.2, 0.25) is 0 Å². The van der Waals surface area contributed by atoms with Crippen molar-refractivity contribution in [2.24, 2.45) is 0 Å². The van der Waals surface area contributed by atoms with Crippen LogP contribution >= 0.6 is 0 Å². The van der Waals surface area contributed by atoms with E-state index in [0.717, 1.165) is 58.0 Å². The first kappa shape index (κ1) is 45.1. The highest BCUT2D eigenvalue weighted by Crippen LogP contribution is 2.33. The van der Waals surface area contributed by atoms with Gasteiger partial charge in [0.25, 0.3) is 0 Å². The molecule has 2 atom stereocenters. The molecule has 0 bridgehead atoms. The summed E-state index contributed by atoms with van der Waals surface area (Å²) in [6.45, 7) is 18.2. The van der Waals surface area contributed by atoms with Crippen molar-refractivity contribution in [1.29, 1.82) is 0 Å². The van der Waals surface area contributed by atoms with Gasteiger partial charge in [0.15, 0.2) is 0 Å². The molecule has 4 nitrogen and oxygen atoms in total. The monoisotopic (exact) mass is 674 g/mol. The van der Waals surface area contributed by atoms with Crippen LogP contribution in [0.1, 0.15) is 117 Å². The van der Waals surface area contributed by atoms with Crippen molar-refractivity contribution in [2.75, 3.05) is 27.2 Å². The lowest BCUT2D eigenvalue weighted by molar-refractivity contribution is -0.137. The van der Waals surface area contributed by atoms with Gasteiger partial charge in [0, 0.05) is 30.0 Å². The smallest absolute Gasteiger partial charge is 0.392 e. The third-order valence-corrected chi connectivity index (χ3v) is 8.05. The Bertz CT molecular complexity index is 1330. The molecule has 2 unspecified atom stereocenters. The molecule has 4 N–H and O–H groups in total. The average molecular weight is 674 g/mol. The molecule has 1 heterocycles. The lowest BCUT2D eigenvalue weighted by Crippen LogP contribution is -2.37. The summed E-state index contributed by atoms with van der Waals surface area (Å²) >= 11 is 0. The zero-order valence-corrected chi connectivity index (χ0v) is 31.6. The first-order valence-corrected chi connectivity index (χ1v) is 18.0. The second-order valence-corrected chi connectivity index (χ2v) is 11.8. The van der Waals surface area contributed by atoms with Crippen molar-refractivity contribution in [3.63, 3.8) is 0 Å². The van der Waals surface area contributed by atoms with E-state index < -0.39 is 11.7 Å². The summed E-state index contributed by atoms with van der Waals surface area (Å²) in [5.74, 6) is 0. The lowest BCUT2D eigenvalue weighted by atomic mass is 10.0. The number of allylic oxidation sites excluding steroid dienone is 1. The predicted molar refractivity (Wildman–Crippen MR) is 203 cm³/mol. The Kier molecular flexibility index (Phi) is 24.5. The van der Waals surface area contributed by atoms with Crippen LogP contribution in [0.5, 0.6) is 0 Å². The number of unbranched alkanes of at least 4 members (excludes halogenated alkanes) is 1. The number of nitrogens with one attached hydrogen (secondary N) is 3. The third kappa shape index (κ3) is 16.5. The molecule has 0 saturated carbocycles. The standard InChI is InChI=1S/C17H24N2.C12H13F3.C10H23NO.C2H6/c1-4-14(10-11-18-3)17-16-8-6-5-7-15(16)13(2)9-12-19-17;1-3-4-5-10-7-6-9(2)8-11(10)12(13,14)15;1-4-6-8-10(12)9(11-3)7-5-2;1-2/h5-8,10,18-19H,4,9,11-12H2,1-3H3;4-8H,3H2,1-2H3;9-12H,4-8H2,1-3H3;1-2H3/b14-10+;5-4+;;. The van der Waals surface area contributed by atoms with Gasteiger partial charge in [0.05, 0.1) is 11.7 Å². The Morgan fingerprint density at radius 3 is 2.17 bits per heavy atom. The van der Waals surface area contributed by atoms with E-state index in [1.54, 1.807) is 19.1 Å². The van der Waals surface area contributed by atoms with Gasteiger partial charge in [-0.3, -0.25) is 0 Å². The maximum Gasteiger partial charge on any atom is 0.416 e. The molecule has 0 amide bonds. The number of benzene rings is 2. The van der Waals surface area contributed by atoms with Crippen LogP contribution in [0.25, 0.3) is 17.3 Å². The Morgan fingerprint density at radius 1 is 0.958 bits per heavy atom. The van der Waals surface area contributed by atoms with Crippen molar-refractivity contribution < 1.29 is 18.3 Å². The van der Waals surface area contributed by atoms with E-state index in [9.17, 15) is 18.3 Å². The molecule has 272 valence electrons. The molecule has 0 aliphatic carbocycles. The zero-order chi connectivity index (χ0) is 36.5. The number of aliphatic hydroxyl groups excluding tert-OH is 1. The predicted octanol–water partition coefficient (Wildman–Crippen LogP) is 8.90. The fourth-order valence-electron chi connectivity index (χ4n) is 5.37. The fourth-order valence-corrected chi connectivity index (χ4v) is 5.37. The minimum atomic E-state index is -4.28. The first-order valence-electron chi connectivity index (χ1n) is 18.0. The van der Waals surface area contributed by atoms with Crippen molar-refractivity contribution in [3.05, 3.63) is 87.3 Å². The summed E-state index contributed by atoms with van der Waals surface area (Å²) in [6, 6.07) is 13.4. The molecule has 0 saturated heterocycles. The number of hydrogen-bond acceptors (Lipinski definition) is 4. The van der Waals surface area contributed by atoms with Crippen molar-refractivity contribution in [1.82, 2.24) is 16.0 Å². The van der Waals surface area contributed by atoms with Crippen LogP contribution in [0.4, 0.5) is 13.2 Å². The third-order valence-electron chi connectivity index (χ3n) is 8.05. The Labute approximate surface area is 290 Å². The van der Waals surface area contributed by atoms with Crippen LogP contribution in [0.15, 0.2) is 60.2 Å². The molecule has 48 heavy (non-hydrogen) atoms. The highest BCUT2D eigenvalue weighted by Gasteiger charge is 2.32. The molecule has 7 heteroatoms. The van der Waals surface area contributed by atoms with Crippen LogP contribution in [-0.4, -0.2) is 44.4 Å². The van der Waals surface area contributed by atoms with Crippen LogP contribution in [0.3, 0.4) is 0 Å². The van der Waals surface area contributed by atoms with Gasteiger partial charge in [-0.2, -0.15) is 13.2 Å². The minimum absolute atomic E-state index is 0.158. The van der Waals surface area contributed by atoms with Gasteiger partial charge >= 0.3 is 6.18 Å². The number of fused-ring (bicyclic) bond motifs is 1. The summed E-state index contributed by atoms with van der Waals surface area (Å²) in [5.41, 5.74) is 4.47.